The van der Waals surface area contributed by atoms with Crippen molar-refractivity contribution < 1.29 is 13.9 Å². The summed E-state index contributed by atoms with van der Waals surface area (Å²) in [7, 11) is 1.40. The summed E-state index contributed by atoms with van der Waals surface area (Å²) in [5, 5.41) is 3.21. The van der Waals surface area contributed by atoms with E-state index in [2.05, 4.69) is 5.32 Å². The molecule has 0 unspecified atom stereocenters. The van der Waals surface area contributed by atoms with Crippen LogP contribution in [0.25, 0.3) is 0 Å². The van der Waals surface area contributed by atoms with Gasteiger partial charge < -0.3 is 10.1 Å². The molecule has 1 aliphatic carbocycles. The van der Waals surface area contributed by atoms with Crippen molar-refractivity contribution in [3.8, 4) is 0 Å². The number of esters is 1. The number of carbonyl (C=O) groups is 1. The summed E-state index contributed by atoms with van der Waals surface area (Å²) in [6.07, 6.45) is 5.69. The predicted octanol–water partition coefficient (Wildman–Crippen LogP) is 3.50. The maximum atomic E-state index is 13.3. The molecule has 0 radical (unpaired) electrons. The number of hydrogen-bond acceptors (Lipinski definition) is 3. The minimum absolute atomic E-state index is 0.251. The molecule has 1 saturated carbocycles. The summed E-state index contributed by atoms with van der Waals surface area (Å²) < 4.78 is 18.2. The average molecular weight is 265 g/mol. The van der Waals surface area contributed by atoms with Crippen molar-refractivity contribution in [1.82, 2.24) is 0 Å². The molecule has 0 amide bonds. The van der Waals surface area contributed by atoms with Crippen LogP contribution >= 0.6 is 0 Å². The monoisotopic (exact) mass is 265 g/mol. The van der Waals surface area contributed by atoms with Crippen LogP contribution in [0.5, 0.6) is 0 Å². The van der Waals surface area contributed by atoms with E-state index in [4.69, 9.17) is 4.74 Å². The summed E-state index contributed by atoms with van der Waals surface area (Å²) in [6, 6.07) is 6.22. The highest BCUT2D eigenvalue weighted by Gasteiger charge is 2.39. The van der Waals surface area contributed by atoms with Crippen LogP contribution < -0.4 is 5.32 Å². The molecule has 0 heterocycles. The van der Waals surface area contributed by atoms with Gasteiger partial charge in [0.2, 0.25) is 0 Å². The standard InChI is InChI=1S/C15H20FNO2/c1-19-14(18)15(9-4-2-3-5-10-15)17-13-8-6-7-12(16)11-13/h6-8,11,17H,2-5,9-10H2,1H3. The first-order valence-corrected chi connectivity index (χ1v) is 6.78. The molecule has 2 rings (SSSR count). The van der Waals surface area contributed by atoms with Crippen molar-refractivity contribution >= 4 is 11.7 Å². The zero-order valence-electron chi connectivity index (χ0n) is 11.2. The lowest BCUT2D eigenvalue weighted by atomic mass is 9.89. The van der Waals surface area contributed by atoms with Crippen molar-refractivity contribution in [3.63, 3.8) is 0 Å². The molecule has 1 aliphatic rings. The van der Waals surface area contributed by atoms with Gasteiger partial charge in [0.25, 0.3) is 0 Å². The van der Waals surface area contributed by atoms with E-state index in [1.165, 1.54) is 19.2 Å². The third-order valence-electron chi connectivity index (χ3n) is 3.74. The molecule has 0 aromatic heterocycles. The Labute approximate surface area is 113 Å². The van der Waals surface area contributed by atoms with Gasteiger partial charge in [-0.2, -0.15) is 0 Å². The van der Waals surface area contributed by atoms with Gasteiger partial charge in [-0.25, -0.2) is 9.18 Å². The molecule has 1 aromatic carbocycles. The fourth-order valence-corrected chi connectivity index (χ4v) is 2.75. The normalized spacial score (nSPS) is 18.4. The van der Waals surface area contributed by atoms with Crippen molar-refractivity contribution in [2.24, 2.45) is 0 Å². The lowest BCUT2D eigenvalue weighted by molar-refractivity contribution is -0.146. The van der Waals surface area contributed by atoms with E-state index in [-0.39, 0.29) is 11.8 Å². The number of rotatable bonds is 3. The molecule has 4 heteroatoms. The number of benzene rings is 1. The number of nitrogens with one attached hydrogen (secondary N) is 1. The molecular weight excluding hydrogens is 245 g/mol. The van der Waals surface area contributed by atoms with Gasteiger partial charge in [0.15, 0.2) is 0 Å². The Bertz CT molecular complexity index is 440. The summed E-state index contributed by atoms with van der Waals surface area (Å²) in [5.41, 5.74) is -0.0775. The molecule has 19 heavy (non-hydrogen) atoms. The van der Waals surface area contributed by atoms with Crippen LogP contribution in [-0.4, -0.2) is 18.6 Å². The fraction of sp³-hybridized carbons (Fsp3) is 0.533. The third-order valence-corrected chi connectivity index (χ3v) is 3.74. The highest BCUT2D eigenvalue weighted by Crippen LogP contribution is 2.32. The molecule has 104 valence electrons. The Morgan fingerprint density at radius 2 is 1.95 bits per heavy atom. The van der Waals surface area contributed by atoms with E-state index in [9.17, 15) is 9.18 Å². The number of hydrogen-bond donors (Lipinski definition) is 1. The van der Waals surface area contributed by atoms with Crippen LogP contribution in [0.2, 0.25) is 0 Å². The molecule has 1 fully saturated rings. The first-order chi connectivity index (χ1) is 9.16. The number of anilines is 1. The molecular formula is C15H20FNO2. The van der Waals surface area contributed by atoms with Gasteiger partial charge in [-0.15, -0.1) is 0 Å². The van der Waals surface area contributed by atoms with Crippen LogP contribution in [0.4, 0.5) is 10.1 Å². The Morgan fingerprint density at radius 3 is 2.53 bits per heavy atom. The minimum Gasteiger partial charge on any atom is -0.467 e. The molecule has 0 atom stereocenters. The molecule has 1 N–H and O–H groups in total. The van der Waals surface area contributed by atoms with E-state index in [0.29, 0.717) is 5.69 Å². The van der Waals surface area contributed by atoms with Crippen molar-refractivity contribution in [2.75, 3.05) is 12.4 Å². The molecule has 3 nitrogen and oxygen atoms in total. The smallest absolute Gasteiger partial charge is 0.331 e. The summed E-state index contributed by atoms with van der Waals surface area (Å²) in [6.45, 7) is 0. The molecule has 0 spiro atoms. The van der Waals surface area contributed by atoms with E-state index >= 15 is 0 Å². The highest BCUT2D eigenvalue weighted by atomic mass is 19.1. The predicted molar refractivity (Wildman–Crippen MR) is 72.5 cm³/mol. The number of ether oxygens (including phenoxy) is 1. The van der Waals surface area contributed by atoms with Gasteiger partial charge in [-0.05, 0) is 31.0 Å². The molecule has 0 saturated heterocycles. The van der Waals surface area contributed by atoms with E-state index in [1.54, 1.807) is 12.1 Å². The second-order valence-corrected chi connectivity index (χ2v) is 5.12. The minimum atomic E-state index is -0.709. The fourth-order valence-electron chi connectivity index (χ4n) is 2.75. The maximum Gasteiger partial charge on any atom is 0.331 e. The van der Waals surface area contributed by atoms with E-state index in [1.807, 2.05) is 0 Å². The van der Waals surface area contributed by atoms with Crippen LogP contribution in [0, 0.1) is 5.82 Å². The maximum absolute atomic E-state index is 13.3. The van der Waals surface area contributed by atoms with Gasteiger partial charge in [0.1, 0.15) is 11.4 Å². The van der Waals surface area contributed by atoms with Gasteiger partial charge in [-0.3, -0.25) is 0 Å². The first kappa shape index (κ1) is 13.8. The largest absolute Gasteiger partial charge is 0.467 e. The third kappa shape index (κ3) is 3.25. The van der Waals surface area contributed by atoms with Crippen LogP contribution in [0.3, 0.4) is 0 Å². The number of carbonyl (C=O) groups excluding carboxylic acids is 1. The SMILES string of the molecule is COC(=O)C1(Nc2cccc(F)c2)CCCCCC1. The Kier molecular flexibility index (Phi) is 4.40. The van der Waals surface area contributed by atoms with E-state index in [0.717, 1.165) is 38.5 Å². The Hall–Kier alpha value is -1.58. The topological polar surface area (TPSA) is 38.3 Å². The molecule has 0 bridgehead atoms. The molecule has 1 aromatic rings. The zero-order valence-corrected chi connectivity index (χ0v) is 11.2. The van der Waals surface area contributed by atoms with Gasteiger partial charge in [-0.1, -0.05) is 31.7 Å². The second kappa shape index (κ2) is 6.04. The van der Waals surface area contributed by atoms with Gasteiger partial charge in [0, 0.05) is 5.69 Å². The number of methoxy groups -OCH3 is 1. The highest BCUT2D eigenvalue weighted by molar-refractivity contribution is 5.84. The van der Waals surface area contributed by atoms with E-state index < -0.39 is 5.54 Å². The lowest BCUT2D eigenvalue weighted by Gasteiger charge is -2.32. The summed E-state index contributed by atoms with van der Waals surface area (Å²) in [4.78, 5) is 12.2. The quantitative estimate of drug-likeness (QED) is 0.671. The van der Waals surface area contributed by atoms with Crippen molar-refractivity contribution in [1.29, 1.82) is 0 Å². The van der Waals surface area contributed by atoms with Crippen molar-refractivity contribution in [3.05, 3.63) is 30.1 Å². The second-order valence-electron chi connectivity index (χ2n) is 5.12. The lowest BCUT2D eigenvalue weighted by Crippen LogP contribution is -2.46. The molecule has 0 aliphatic heterocycles. The number of halogens is 1. The zero-order chi connectivity index (χ0) is 13.7. The van der Waals surface area contributed by atoms with Crippen LogP contribution in [0.15, 0.2) is 24.3 Å². The van der Waals surface area contributed by atoms with Gasteiger partial charge >= 0.3 is 5.97 Å². The van der Waals surface area contributed by atoms with Gasteiger partial charge in [0.05, 0.1) is 7.11 Å². The van der Waals surface area contributed by atoms with Crippen LogP contribution in [-0.2, 0) is 9.53 Å². The summed E-state index contributed by atoms with van der Waals surface area (Å²) in [5.74, 6) is -0.558. The Balaban J connectivity index is 2.24. The van der Waals surface area contributed by atoms with Crippen molar-refractivity contribution in [2.45, 2.75) is 44.1 Å². The Morgan fingerprint density at radius 1 is 1.26 bits per heavy atom. The summed E-state index contributed by atoms with van der Waals surface area (Å²) >= 11 is 0. The first-order valence-electron chi connectivity index (χ1n) is 6.78. The average Bonchev–Trinajstić information content (AvgIpc) is 2.64. The van der Waals surface area contributed by atoms with Crippen LogP contribution in [0.1, 0.15) is 38.5 Å².